The lowest BCUT2D eigenvalue weighted by Gasteiger charge is -2.33. The van der Waals surface area contributed by atoms with E-state index in [0.717, 1.165) is 25.9 Å². The number of carbonyl (C=O) groups excluding carboxylic acids is 1. The second-order valence-corrected chi connectivity index (χ2v) is 6.99. The Labute approximate surface area is 126 Å². The topological polar surface area (TPSA) is 41.6 Å². The summed E-state index contributed by atoms with van der Waals surface area (Å²) in [4.78, 5) is 14.4. The molecule has 4 heteroatoms. The fourth-order valence-corrected chi connectivity index (χ4v) is 3.64. The summed E-state index contributed by atoms with van der Waals surface area (Å²) in [6.07, 6.45) is 1.74. The quantitative estimate of drug-likeness (QED) is 0.864. The van der Waals surface area contributed by atoms with Crippen molar-refractivity contribution in [1.82, 2.24) is 10.2 Å². The highest BCUT2D eigenvalue weighted by Crippen LogP contribution is 2.43. The van der Waals surface area contributed by atoms with Crippen LogP contribution < -0.4 is 5.32 Å². The number of nitrogens with zero attached hydrogens (tertiary/aromatic N) is 1. The molecule has 0 radical (unpaired) electrons. The van der Waals surface area contributed by atoms with Crippen molar-refractivity contribution in [3.8, 4) is 0 Å². The van der Waals surface area contributed by atoms with E-state index in [1.165, 1.54) is 5.56 Å². The summed E-state index contributed by atoms with van der Waals surface area (Å²) in [5.41, 5.74) is 0.734. The maximum absolute atomic E-state index is 12.5. The number of ether oxygens (including phenoxy) is 1. The van der Waals surface area contributed by atoms with Gasteiger partial charge in [0, 0.05) is 6.54 Å². The van der Waals surface area contributed by atoms with E-state index >= 15 is 0 Å². The number of carbonyl (C=O) groups is 1. The van der Waals surface area contributed by atoms with Crippen molar-refractivity contribution in [2.75, 3.05) is 13.1 Å². The van der Waals surface area contributed by atoms with Crippen LogP contribution in [0.4, 0.5) is 4.79 Å². The van der Waals surface area contributed by atoms with Gasteiger partial charge < -0.3 is 15.0 Å². The van der Waals surface area contributed by atoms with Gasteiger partial charge in [-0.05, 0) is 45.7 Å². The Bertz CT molecular complexity index is 523. The van der Waals surface area contributed by atoms with Crippen LogP contribution in [-0.4, -0.2) is 35.7 Å². The number of nitrogens with one attached hydrogen (secondary N) is 1. The largest absolute Gasteiger partial charge is 0.444 e. The number of hydrogen-bond donors (Lipinski definition) is 1. The molecule has 2 aliphatic heterocycles. The molecule has 1 aromatic carbocycles. The van der Waals surface area contributed by atoms with E-state index in [9.17, 15) is 4.79 Å². The van der Waals surface area contributed by atoms with E-state index < -0.39 is 5.60 Å². The van der Waals surface area contributed by atoms with Gasteiger partial charge in [0.2, 0.25) is 0 Å². The third-order valence-electron chi connectivity index (χ3n) is 4.47. The highest BCUT2D eigenvalue weighted by Gasteiger charge is 2.53. The Morgan fingerprint density at radius 2 is 2.05 bits per heavy atom. The molecule has 114 valence electrons. The number of benzene rings is 1. The zero-order valence-corrected chi connectivity index (χ0v) is 13.1. The highest BCUT2D eigenvalue weighted by molar-refractivity contribution is 5.69. The smallest absolute Gasteiger partial charge is 0.410 e. The first-order chi connectivity index (χ1) is 9.92. The first kappa shape index (κ1) is 14.4. The van der Waals surface area contributed by atoms with Gasteiger partial charge in [-0.2, -0.15) is 0 Å². The number of rotatable bonds is 1. The van der Waals surface area contributed by atoms with Crippen LogP contribution in [0.5, 0.6) is 0 Å². The number of fused-ring (bicyclic) bond motifs is 1. The minimum Gasteiger partial charge on any atom is -0.444 e. The molecule has 0 aliphatic carbocycles. The van der Waals surface area contributed by atoms with Crippen molar-refractivity contribution in [2.45, 2.75) is 50.8 Å². The van der Waals surface area contributed by atoms with Crippen molar-refractivity contribution < 1.29 is 9.53 Å². The van der Waals surface area contributed by atoms with Crippen LogP contribution in [0.3, 0.4) is 0 Å². The van der Waals surface area contributed by atoms with Crippen molar-refractivity contribution in [1.29, 1.82) is 0 Å². The zero-order chi connectivity index (χ0) is 15.1. The van der Waals surface area contributed by atoms with Crippen LogP contribution in [0.15, 0.2) is 30.3 Å². The Kier molecular flexibility index (Phi) is 3.44. The SMILES string of the molecule is CC(C)(C)OC(=O)N1CC[C@]2(c3ccccc3)NCC[C@H]12. The molecule has 2 fully saturated rings. The van der Waals surface area contributed by atoms with Crippen LogP contribution in [0.2, 0.25) is 0 Å². The molecule has 2 heterocycles. The predicted molar refractivity (Wildman–Crippen MR) is 82.1 cm³/mol. The molecule has 0 bridgehead atoms. The van der Waals surface area contributed by atoms with E-state index in [1.807, 2.05) is 31.7 Å². The molecular formula is C17H24N2O2. The molecule has 4 nitrogen and oxygen atoms in total. The molecule has 0 unspecified atom stereocenters. The molecule has 1 N–H and O–H groups in total. The van der Waals surface area contributed by atoms with E-state index in [-0.39, 0.29) is 17.7 Å². The van der Waals surface area contributed by atoms with Gasteiger partial charge in [0.25, 0.3) is 0 Å². The van der Waals surface area contributed by atoms with E-state index in [4.69, 9.17) is 4.74 Å². The standard InChI is InChI=1S/C17H24N2O2/c1-16(2,3)21-15(20)19-12-10-17(14(19)9-11-18-17)13-7-5-4-6-8-13/h4-8,14,18H,9-12H2,1-3H3/t14-,17+/m0/s1. The lowest BCUT2D eigenvalue weighted by molar-refractivity contribution is 0.0208. The molecule has 2 saturated heterocycles. The van der Waals surface area contributed by atoms with Crippen LogP contribution in [-0.2, 0) is 10.3 Å². The van der Waals surface area contributed by atoms with Crippen molar-refractivity contribution in [3.05, 3.63) is 35.9 Å². The number of amides is 1. The zero-order valence-electron chi connectivity index (χ0n) is 13.1. The molecule has 1 amide bonds. The highest BCUT2D eigenvalue weighted by atomic mass is 16.6. The average molecular weight is 288 g/mol. The van der Waals surface area contributed by atoms with E-state index in [1.54, 1.807) is 0 Å². The Morgan fingerprint density at radius 1 is 1.33 bits per heavy atom. The van der Waals surface area contributed by atoms with Gasteiger partial charge in [-0.15, -0.1) is 0 Å². The fourth-order valence-electron chi connectivity index (χ4n) is 3.64. The molecule has 2 atom stereocenters. The molecule has 2 aliphatic rings. The monoisotopic (exact) mass is 288 g/mol. The first-order valence-electron chi connectivity index (χ1n) is 7.73. The molecular weight excluding hydrogens is 264 g/mol. The van der Waals surface area contributed by atoms with Crippen LogP contribution in [0, 0.1) is 0 Å². The van der Waals surface area contributed by atoms with Crippen molar-refractivity contribution in [2.24, 2.45) is 0 Å². The van der Waals surface area contributed by atoms with Crippen LogP contribution >= 0.6 is 0 Å². The lowest BCUT2D eigenvalue weighted by atomic mass is 9.84. The van der Waals surface area contributed by atoms with Crippen molar-refractivity contribution >= 4 is 6.09 Å². The molecule has 1 aromatic rings. The molecule has 3 rings (SSSR count). The summed E-state index contributed by atoms with van der Waals surface area (Å²) in [5, 5.41) is 3.65. The van der Waals surface area contributed by atoms with Gasteiger partial charge >= 0.3 is 6.09 Å². The molecule has 0 saturated carbocycles. The molecule has 0 spiro atoms. The summed E-state index contributed by atoms with van der Waals surface area (Å²) < 4.78 is 5.57. The minimum absolute atomic E-state index is 0.0990. The van der Waals surface area contributed by atoms with Gasteiger partial charge in [0.05, 0.1) is 11.6 Å². The van der Waals surface area contributed by atoms with Gasteiger partial charge in [-0.3, -0.25) is 0 Å². The maximum atomic E-state index is 12.5. The van der Waals surface area contributed by atoms with Gasteiger partial charge in [-0.25, -0.2) is 4.79 Å². The number of hydrogen-bond acceptors (Lipinski definition) is 3. The molecule has 21 heavy (non-hydrogen) atoms. The fraction of sp³-hybridized carbons (Fsp3) is 0.588. The Hall–Kier alpha value is -1.55. The second kappa shape index (κ2) is 5.02. The van der Waals surface area contributed by atoms with Gasteiger partial charge in [0.1, 0.15) is 5.60 Å². The van der Waals surface area contributed by atoms with E-state index in [0.29, 0.717) is 0 Å². The summed E-state index contributed by atoms with van der Waals surface area (Å²) in [6, 6.07) is 10.7. The van der Waals surface area contributed by atoms with E-state index in [2.05, 4.69) is 29.6 Å². The lowest BCUT2D eigenvalue weighted by Crippen LogP contribution is -2.47. The predicted octanol–water partition coefficient (Wildman–Crippen LogP) is 2.88. The first-order valence-corrected chi connectivity index (χ1v) is 7.73. The summed E-state index contributed by atoms with van der Waals surface area (Å²) in [6.45, 7) is 7.44. The minimum atomic E-state index is -0.443. The summed E-state index contributed by atoms with van der Waals surface area (Å²) >= 11 is 0. The van der Waals surface area contributed by atoms with Crippen LogP contribution in [0.1, 0.15) is 39.2 Å². The third kappa shape index (κ3) is 2.53. The number of likely N-dealkylation sites (tertiary alicyclic amines) is 1. The van der Waals surface area contributed by atoms with Gasteiger partial charge in [0.15, 0.2) is 0 Å². The second-order valence-electron chi connectivity index (χ2n) is 6.99. The average Bonchev–Trinajstić information content (AvgIpc) is 2.96. The molecule has 0 aromatic heterocycles. The summed E-state index contributed by atoms with van der Waals surface area (Å²) in [5.74, 6) is 0. The van der Waals surface area contributed by atoms with Crippen molar-refractivity contribution in [3.63, 3.8) is 0 Å². The maximum Gasteiger partial charge on any atom is 0.410 e. The summed E-state index contributed by atoms with van der Waals surface area (Å²) in [7, 11) is 0. The van der Waals surface area contributed by atoms with Gasteiger partial charge in [-0.1, -0.05) is 30.3 Å². The third-order valence-corrected chi connectivity index (χ3v) is 4.47. The Balaban J connectivity index is 1.85. The normalized spacial score (nSPS) is 28.5. The van der Waals surface area contributed by atoms with Crippen LogP contribution in [0.25, 0.3) is 0 Å². The Morgan fingerprint density at radius 3 is 2.71 bits per heavy atom.